The van der Waals surface area contributed by atoms with Crippen molar-refractivity contribution < 1.29 is 38.2 Å². The van der Waals surface area contributed by atoms with E-state index in [2.05, 4.69) is 26.3 Å². The lowest BCUT2D eigenvalue weighted by Crippen LogP contribution is -2.66. The van der Waals surface area contributed by atoms with Crippen molar-refractivity contribution in [3.8, 4) is 0 Å². The maximum atomic E-state index is 14.4. The lowest BCUT2D eigenvalue weighted by atomic mass is 9.80. The summed E-state index contributed by atoms with van der Waals surface area (Å²) in [5.41, 5.74) is -0.595. The third-order valence-corrected chi connectivity index (χ3v) is 10.5. The third kappa shape index (κ3) is 11.5. The van der Waals surface area contributed by atoms with Crippen molar-refractivity contribution in [1.82, 2.24) is 35.7 Å². The van der Waals surface area contributed by atoms with Gasteiger partial charge in [0.1, 0.15) is 35.3 Å². The van der Waals surface area contributed by atoms with E-state index in [-0.39, 0.29) is 25.3 Å². The number of hydrogen-bond donors (Lipinski definition) is 4. The molecule has 1 aliphatic carbocycles. The Kier molecular flexibility index (Phi) is 14.8. The summed E-state index contributed by atoms with van der Waals surface area (Å²) in [6, 6.07) is 5.32. The zero-order chi connectivity index (χ0) is 40.3. The highest BCUT2D eigenvalue weighted by Gasteiger charge is 2.46. The van der Waals surface area contributed by atoms with Gasteiger partial charge in [0.25, 0.3) is 0 Å². The average Bonchev–Trinajstić information content (AvgIpc) is 3.81. The molecule has 2 aliphatic rings. The molecule has 1 aromatic carbocycles. The van der Waals surface area contributed by atoms with Gasteiger partial charge in [0.2, 0.25) is 23.6 Å². The Morgan fingerprint density at radius 3 is 2.24 bits per heavy atom. The molecule has 5 atom stereocenters. The number of nitrogens with one attached hydrogen (secondary N) is 4. The number of ether oxygens (including phenoxy) is 2. The van der Waals surface area contributed by atoms with Crippen molar-refractivity contribution in [1.29, 1.82) is 0 Å². The minimum Gasteiger partial charge on any atom is -0.467 e. The van der Waals surface area contributed by atoms with Crippen molar-refractivity contribution in [3.05, 3.63) is 54.1 Å². The number of aromatic nitrogens is 2. The van der Waals surface area contributed by atoms with E-state index in [4.69, 9.17) is 9.47 Å². The molecule has 0 radical (unpaired) electrons. The van der Waals surface area contributed by atoms with Crippen LogP contribution in [0.1, 0.15) is 97.2 Å². The zero-order valence-corrected chi connectivity index (χ0v) is 33.3. The fourth-order valence-corrected chi connectivity index (χ4v) is 7.26. The van der Waals surface area contributed by atoms with E-state index in [1.54, 1.807) is 44.9 Å². The molecule has 1 saturated heterocycles. The molecule has 0 spiro atoms. The summed E-state index contributed by atoms with van der Waals surface area (Å²) < 4.78 is 12.2. The summed E-state index contributed by atoms with van der Waals surface area (Å²) in [5.74, 6) is -2.87. The number of imidazole rings is 1. The number of carbonyl (C=O) groups is 6. The van der Waals surface area contributed by atoms with Crippen LogP contribution in [0.3, 0.4) is 0 Å². The highest BCUT2D eigenvalue weighted by Crippen LogP contribution is 2.31. The van der Waals surface area contributed by atoms with Crippen molar-refractivity contribution in [2.75, 3.05) is 13.7 Å². The molecule has 15 nitrogen and oxygen atoms in total. The standard InChI is InChI=1S/C40H59N7O8/c1-8-26(2)32(34(49)42-30(36(51)54-7)22-27-16-11-9-12-17-27)44-37(52)40(19-13-10-14-20-40)45-33(48)31-18-15-21-47(31)35(50)29(23-28-24-41-25-46(28)6)43-38(53)55-39(3,4)5/h9,11-12,16-17,24-26,29-32H,8,10,13-15,18-23H2,1-7H3,(H,42,49)(H,43,53)(H,44,52)(H,45,48)/t26-,29-,30-,31+,32-/m0/s1. The predicted octanol–water partition coefficient (Wildman–Crippen LogP) is 3.10. The molecule has 2 fully saturated rings. The molecule has 1 aromatic heterocycles. The normalized spacial score (nSPS) is 18.9. The number of hydrogen-bond acceptors (Lipinski definition) is 9. The zero-order valence-electron chi connectivity index (χ0n) is 33.3. The maximum absolute atomic E-state index is 14.4. The first-order chi connectivity index (χ1) is 26.1. The number of methoxy groups -OCH3 is 1. The van der Waals surface area contributed by atoms with Crippen LogP contribution in [0.2, 0.25) is 0 Å². The van der Waals surface area contributed by atoms with Crippen LogP contribution in [0.4, 0.5) is 4.79 Å². The Morgan fingerprint density at radius 1 is 0.945 bits per heavy atom. The van der Waals surface area contributed by atoms with Crippen molar-refractivity contribution in [3.63, 3.8) is 0 Å². The molecule has 1 saturated carbocycles. The molecular formula is C40H59N7O8. The fraction of sp³-hybridized carbons (Fsp3) is 0.625. The first-order valence-electron chi connectivity index (χ1n) is 19.4. The van der Waals surface area contributed by atoms with Crippen molar-refractivity contribution in [2.45, 2.75) is 134 Å². The van der Waals surface area contributed by atoms with Crippen LogP contribution in [-0.2, 0) is 53.3 Å². The number of amides is 5. The Morgan fingerprint density at radius 2 is 1.64 bits per heavy atom. The van der Waals surface area contributed by atoms with Gasteiger partial charge in [-0.15, -0.1) is 0 Å². The molecule has 1 aliphatic heterocycles. The molecule has 15 heteroatoms. The lowest BCUT2D eigenvalue weighted by molar-refractivity contribution is -0.146. The Hall–Kier alpha value is -4.95. The van der Waals surface area contributed by atoms with Gasteiger partial charge in [0.15, 0.2) is 0 Å². The lowest BCUT2D eigenvalue weighted by Gasteiger charge is -2.40. The van der Waals surface area contributed by atoms with Gasteiger partial charge in [0, 0.05) is 38.3 Å². The molecule has 302 valence electrons. The Labute approximate surface area is 324 Å². The summed E-state index contributed by atoms with van der Waals surface area (Å²) in [7, 11) is 3.04. The second-order valence-corrected chi connectivity index (χ2v) is 15.8. The molecule has 4 N–H and O–H groups in total. The first-order valence-corrected chi connectivity index (χ1v) is 19.4. The summed E-state index contributed by atoms with van der Waals surface area (Å²) in [6.07, 6.45) is 7.17. The van der Waals surface area contributed by atoms with E-state index in [1.807, 2.05) is 44.2 Å². The fourth-order valence-electron chi connectivity index (χ4n) is 7.26. The molecule has 5 amide bonds. The number of benzene rings is 1. The van der Waals surface area contributed by atoms with Crippen molar-refractivity contribution >= 4 is 35.7 Å². The molecule has 0 bridgehead atoms. The largest absolute Gasteiger partial charge is 0.467 e. The van der Waals surface area contributed by atoms with Gasteiger partial charge in [-0.3, -0.25) is 19.2 Å². The molecular weight excluding hydrogens is 706 g/mol. The minimum atomic E-state index is -1.33. The second-order valence-electron chi connectivity index (χ2n) is 15.8. The average molecular weight is 766 g/mol. The van der Waals surface area contributed by atoms with Crippen LogP contribution in [0.25, 0.3) is 0 Å². The van der Waals surface area contributed by atoms with E-state index in [1.165, 1.54) is 12.0 Å². The number of alkyl carbamates (subject to hydrolysis) is 1. The second kappa shape index (κ2) is 19.1. The van der Waals surface area contributed by atoms with Crippen LogP contribution in [0.5, 0.6) is 0 Å². The monoisotopic (exact) mass is 765 g/mol. The SMILES string of the molecule is CC[C@H](C)[C@H](NC(=O)C1(NC(=O)[C@H]2CCCN2C(=O)[C@H](Cc2cncn2C)NC(=O)OC(C)(C)C)CCCCC1)C(=O)N[C@@H](Cc1ccccc1)C(=O)OC. The van der Waals surface area contributed by atoms with Gasteiger partial charge in [-0.05, 0) is 57.9 Å². The van der Waals surface area contributed by atoms with E-state index in [0.29, 0.717) is 50.6 Å². The van der Waals surface area contributed by atoms with E-state index in [9.17, 15) is 28.8 Å². The number of aryl methyl sites for hydroxylation is 1. The summed E-state index contributed by atoms with van der Waals surface area (Å²) in [6.45, 7) is 9.22. The molecule has 2 aromatic rings. The highest BCUT2D eigenvalue weighted by molar-refractivity contribution is 5.98. The van der Waals surface area contributed by atoms with Crippen LogP contribution < -0.4 is 21.3 Å². The number of esters is 1. The van der Waals surface area contributed by atoms with Crippen molar-refractivity contribution in [2.24, 2.45) is 13.0 Å². The topological polar surface area (TPSA) is 190 Å². The smallest absolute Gasteiger partial charge is 0.408 e. The number of nitrogens with zero attached hydrogens (tertiary/aromatic N) is 3. The first kappa shape index (κ1) is 42.8. The van der Waals surface area contributed by atoms with Gasteiger partial charge < -0.3 is 40.2 Å². The minimum absolute atomic E-state index is 0.118. The highest BCUT2D eigenvalue weighted by atomic mass is 16.6. The quantitative estimate of drug-likeness (QED) is 0.198. The number of carbonyl (C=O) groups excluding carboxylic acids is 6. The molecule has 0 unspecified atom stereocenters. The van der Waals surface area contributed by atoms with Gasteiger partial charge in [0.05, 0.1) is 13.4 Å². The van der Waals surface area contributed by atoms with Gasteiger partial charge >= 0.3 is 12.1 Å². The van der Waals surface area contributed by atoms with Crippen LogP contribution in [0, 0.1) is 5.92 Å². The summed E-state index contributed by atoms with van der Waals surface area (Å²) in [4.78, 5) is 88.0. The van der Waals surface area contributed by atoms with E-state index < -0.39 is 71.0 Å². The molecule has 4 rings (SSSR count). The Balaban J connectivity index is 1.53. The summed E-state index contributed by atoms with van der Waals surface area (Å²) in [5, 5.41) is 11.5. The van der Waals surface area contributed by atoms with Gasteiger partial charge in [-0.1, -0.05) is 69.9 Å². The summed E-state index contributed by atoms with van der Waals surface area (Å²) >= 11 is 0. The van der Waals surface area contributed by atoms with E-state index in [0.717, 1.165) is 12.0 Å². The number of likely N-dealkylation sites (tertiary alicyclic amines) is 1. The maximum Gasteiger partial charge on any atom is 0.408 e. The van der Waals surface area contributed by atoms with Crippen LogP contribution in [-0.4, -0.2) is 99.1 Å². The Bertz CT molecular complexity index is 1650. The molecule has 2 heterocycles. The van der Waals surface area contributed by atoms with Crippen LogP contribution in [0.15, 0.2) is 42.9 Å². The van der Waals surface area contributed by atoms with Gasteiger partial charge in [-0.25, -0.2) is 14.6 Å². The number of rotatable bonds is 15. The van der Waals surface area contributed by atoms with E-state index >= 15 is 0 Å². The van der Waals surface area contributed by atoms with Crippen LogP contribution >= 0.6 is 0 Å². The predicted molar refractivity (Wildman–Crippen MR) is 204 cm³/mol. The third-order valence-electron chi connectivity index (χ3n) is 10.5. The van der Waals surface area contributed by atoms with Gasteiger partial charge in [-0.2, -0.15) is 0 Å². The molecule has 55 heavy (non-hydrogen) atoms.